The van der Waals surface area contributed by atoms with Gasteiger partial charge in [0.15, 0.2) is 0 Å². The normalized spacial score (nSPS) is 10.9. The number of aryl methyl sites for hydroxylation is 5. The monoisotopic (exact) mass is 459 g/mol. The Kier molecular flexibility index (Phi) is 6.67. The lowest BCUT2D eigenvalue weighted by Gasteiger charge is -2.16. The molecule has 0 spiro atoms. The number of carbonyl (C=O) groups is 1. The highest BCUT2D eigenvalue weighted by atomic mass is 16.5. The predicted octanol–water partition coefficient (Wildman–Crippen LogP) is 5.69. The van der Waals surface area contributed by atoms with Crippen molar-refractivity contribution in [2.45, 2.75) is 41.2 Å². The van der Waals surface area contributed by atoms with Crippen molar-refractivity contribution < 1.29 is 14.1 Å². The molecular weight excluding hydrogens is 430 g/mol. The molecule has 0 aliphatic carbocycles. The molecule has 0 bridgehead atoms. The van der Waals surface area contributed by atoms with Crippen molar-refractivity contribution in [1.82, 2.24) is 20.0 Å². The van der Waals surface area contributed by atoms with Gasteiger partial charge in [-0.15, -0.1) is 0 Å². The van der Waals surface area contributed by atoms with Gasteiger partial charge in [0.25, 0.3) is 0 Å². The molecule has 0 unspecified atom stereocenters. The maximum atomic E-state index is 12.3. The molecule has 0 saturated heterocycles. The number of carbonyl (C=O) groups excluding carboxylic acids is 1. The van der Waals surface area contributed by atoms with Crippen LogP contribution in [0.2, 0.25) is 0 Å². The molecule has 4 aromatic rings. The summed E-state index contributed by atoms with van der Waals surface area (Å²) in [4.78, 5) is 16.3. The van der Waals surface area contributed by atoms with Gasteiger partial charge in [-0.3, -0.25) is 0 Å². The van der Waals surface area contributed by atoms with Crippen LogP contribution in [0.15, 0.2) is 53.6 Å². The van der Waals surface area contributed by atoms with E-state index in [9.17, 15) is 4.79 Å². The summed E-state index contributed by atoms with van der Waals surface area (Å²) in [6.07, 6.45) is 5.29. The summed E-state index contributed by atoms with van der Waals surface area (Å²) < 4.78 is 13.6. The summed E-state index contributed by atoms with van der Waals surface area (Å²) in [5.74, 6) is 2.28. The van der Waals surface area contributed by atoms with Crippen LogP contribution in [0.1, 0.15) is 28.1 Å². The summed E-state index contributed by atoms with van der Waals surface area (Å²) in [6, 6.07) is 9.65. The van der Waals surface area contributed by atoms with E-state index in [1.807, 2.05) is 69.6 Å². The first kappa shape index (κ1) is 23.1. The van der Waals surface area contributed by atoms with Crippen molar-refractivity contribution >= 4 is 11.7 Å². The Hall–Kier alpha value is -4.07. The summed E-state index contributed by atoms with van der Waals surface area (Å²) >= 11 is 0. The second kappa shape index (κ2) is 9.82. The number of aromatic nitrogens is 3. The second-order valence-corrected chi connectivity index (χ2v) is 8.46. The first-order valence-electron chi connectivity index (χ1n) is 11.1. The van der Waals surface area contributed by atoms with Gasteiger partial charge in [0, 0.05) is 36.7 Å². The quantitative estimate of drug-likeness (QED) is 0.370. The van der Waals surface area contributed by atoms with Gasteiger partial charge in [0.2, 0.25) is 0 Å². The van der Waals surface area contributed by atoms with Crippen LogP contribution in [0.4, 0.5) is 10.5 Å². The topological polar surface area (TPSA) is 94.2 Å². The molecule has 176 valence electrons. The van der Waals surface area contributed by atoms with Crippen molar-refractivity contribution in [2.24, 2.45) is 0 Å². The first-order chi connectivity index (χ1) is 16.3. The van der Waals surface area contributed by atoms with E-state index in [1.165, 1.54) is 0 Å². The highest BCUT2D eigenvalue weighted by Crippen LogP contribution is 2.35. The molecule has 34 heavy (non-hydrogen) atoms. The van der Waals surface area contributed by atoms with Gasteiger partial charge in [-0.1, -0.05) is 11.2 Å². The van der Waals surface area contributed by atoms with Gasteiger partial charge >= 0.3 is 6.03 Å². The van der Waals surface area contributed by atoms with Crippen LogP contribution < -0.4 is 15.4 Å². The van der Waals surface area contributed by atoms with Gasteiger partial charge in [0.05, 0.1) is 12.0 Å². The molecule has 2 aromatic heterocycles. The van der Waals surface area contributed by atoms with E-state index in [1.54, 1.807) is 12.5 Å². The zero-order valence-electron chi connectivity index (χ0n) is 20.1. The average molecular weight is 460 g/mol. The minimum atomic E-state index is -0.254. The minimum absolute atomic E-state index is 0.254. The zero-order chi connectivity index (χ0) is 24.2. The van der Waals surface area contributed by atoms with E-state index in [0.717, 1.165) is 50.8 Å². The Morgan fingerprint density at radius 2 is 1.82 bits per heavy atom. The Morgan fingerprint density at radius 3 is 2.47 bits per heavy atom. The molecule has 0 atom stereocenters. The van der Waals surface area contributed by atoms with Gasteiger partial charge in [-0.2, -0.15) is 0 Å². The van der Waals surface area contributed by atoms with E-state index >= 15 is 0 Å². The number of benzene rings is 2. The Labute approximate surface area is 199 Å². The molecule has 2 amide bonds. The molecular formula is C26H29N5O3. The third-order valence-corrected chi connectivity index (χ3v) is 5.53. The summed E-state index contributed by atoms with van der Waals surface area (Å²) in [6.45, 7) is 11.0. The number of ether oxygens (including phenoxy) is 1. The number of imidazole rings is 1. The van der Waals surface area contributed by atoms with Gasteiger partial charge in [0.1, 0.15) is 17.3 Å². The van der Waals surface area contributed by atoms with E-state index in [0.29, 0.717) is 18.8 Å². The number of rotatable bonds is 7. The van der Waals surface area contributed by atoms with Gasteiger partial charge in [-0.05, 0) is 81.1 Å². The van der Waals surface area contributed by atoms with E-state index in [4.69, 9.17) is 9.26 Å². The highest BCUT2D eigenvalue weighted by Gasteiger charge is 2.15. The maximum Gasteiger partial charge on any atom is 0.319 e. The van der Waals surface area contributed by atoms with Crippen LogP contribution in [-0.2, 0) is 6.54 Å². The zero-order valence-corrected chi connectivity index (χ0v) is 20.1. The highest BCUT2D eigenvalue weighted by molar-refractivity contribution is 5.89. The van der Waals surface area contributed by atoms with Crippen molar-refractivity contribution in [2.75, 3.05) is 11.9 Å². The largest absolute Gasteiger partial charge is 0.457 e. The fraction of sp³-hybridized carbons (Fsp3) is 0.269. The average Bonchev–Trinajstić information content (AvgIpc) is 3.40. The number of hydrogen-bond donors (Lipinski definition) is 2. The molecule has 0 radical (unpaired) electrons. The van der Waals surface area contributed by atoms with E-state index in [-0.39, 0.29) is 6.03 Å². The van der Waals surface area contributed by atoms with E-state index < -0.39 is 0 Å². The van der Waals surface area contributed by atoms with Crippen molar-refractivity contribution in [1.29, 1.82) is 0 Å². The van der Waals surface area contributed by atoms with Gasteiger partial charge in [-0.25, -0.2) is 9.78 Å². The lowest BCUT2D eigenvalue weighted by atomic mass is 10.0. The van der Waals surface area contributed by atoms with E-state index in [2.05, 4.69) is 26.8 Å². The number of nitrogens with one attached hydrogen (secondary N) is 2. The number of hydrogen-bond acceptors (Lipinski definition) is 5. The number of anilines is 1. The van der Waals surface area contributed by atoms with Crippen LogP contribution in [0.25, 0.3) is 11.1 Å². The maximum absolute atomic E-state index is 12.3. The third-order valence-electron chi connectivity index (χ3n) is 5.53. The Bertz CT molecular complexity index is 1270. The number of nitrogens with zero attached hydrogens (tertiary/aromatic N) is 3. The second-order valence-electron chi connectivity index (χ2n) is 8.46. The van der Waals surface area contributed by atoms with Crippen molar-refractivity contribution in [3.63, 3.8) is 0 Å². The molecule has 2 heterocycles. The SMILES string of the molecule is Cc1cc(Oc2c(C)cc(NC(=O)NCCn3ccnc3)cc2C)cc(-c2c(C)noc2C)c1. The van der Waals surface area contributed by atoms with Crippen molar-refractivity contribution in [3.8, 4) is 22.6 Å². The lowest BCUT2D eigenvalue weighted by molar-refractivity contribution is 0.251. The Balaban J connectivity index is 1.47. The summed E-state index contributed by atoms with van der Waals surface area (Å²) in [7, 11) is 0. The molecule has 8 heteroatoms. The molecule has 2 aromatic carbocycles. The molecule has 0 saturated carbocycles. The molecule has 0 aliphatic rings. The van der Waals surface area contributed by atoms with Crippen molar-refractivity contribution in [3.05, 3.63) is 77.2 Å². The summed E-state index contributed by atoms with van der Waals surface area (Å²) in [5.41, 5.74) is 6.48. The molecule has 2 N–H and O–H groups in total. The molecule has 4 rings (SSSR count). The number of urea groups is 1. The predicted molar refractivity (Wildman–Crippen MR) is 131 cm³/mol. The Morgan fingerprint density at radius 1 is 1.06 bits per heavy atom. The molecule has 0 aliphatic heterocycles. The summed E-state index contributed by atoms with van der Waals surface area (Å²) in [5, 5.41) is 9.82. The van der Waals surface area contributed by atoms with Gasteiger partial charge < -0.3 is 24.5 Å². The van der Waals surface area contributed by atoms with Crippen LogP contribution in [0.5, 0.6) is 11.5 Å². The smallest absolute Gasteiger partial charge is 0.319 e. The first-order valence-corrected chi connectivity index (χ1v) is 11.1. The van der Waals surface area contributed by atoms with Crippen LogP contribution in [-0.4, -0.2) is 27.3 Å². The van der Waals surface area contributed by atoms with Crippen LogP contribution in [0, 0.1) is 34.6 Å². The fourth-order valence-electron chi connectivity index (χ4n) is 4.04. The third kappa shape index (κ3) is 5.28. The fourth-order valence-corrected chi connectivity index (χ4v) is 4.04. The molecule has 0 fully saturated rings. The van der Waals surface area contributed by atoms with Crippen LogP contribution in [0.3, 0.4) is 0 Å². The number of amides is 2. The minimum Gasteiger partial charge on any atom is -0.457 e. The lowest BCUT2D eigenvalue weighted by Crippen LogP contribution is -2.31. The standard InChI is InChI=1S/C26H29N5O3/c1-16-10-21(24-19(4)30-34-20(24)5)14-23(11-16)33-25-17(2)12-22(13-18(25)3)29-26(32)28-7-9-31-8-6-27-15-31/h6,8,10-15H,7,9H2,1-5H3,(H2,28,29,32). The van der Waals surface area contributed by atoms with Crippen LogP contribution >= 0.6 is 0 Å². The molecule has 8 nitrogen and oxygen atoms in total.